The summed E-state index contributed by atoms with van der Waals surface area (Å²) < 4.78 is 16.4. The number of aliphatic imine (C=N–C) groups is 1. The molecule has 0 saturated carbocycles. The Labute approximate surface area is 174 Å². The van der Waals surface area contributed by atoms with Crippen LogP contribution in [0.3, 0.4) is 0 Å². The molecule has 2 atom stereocenters. The summed E-state index contributed by atoms with van der Waals surface area (Å²) in [4.78, 5) is 10.2. The quantitative estimate of drug-likeness (QED) is 0.345. The molecule has 0 spiro atoms. The van der Waals surface area contributed by atoms with Gasteiger partial charge in [0.15, 0.2) is 5.96 Å². The molecule has 2 unspecified atom stereocenters. The predicted molar refractivity (Wildman–Crippen MR) is 115 cm³/mol. The Morgan fingerprint density at radius 1 is 1.29 bits per heavy atom. The zero-order chi connectivity index (χ0) is 19.7. The van der Waals surface area contributed by atoms with Crippen LogP contribution in [0.4, 0.5) is 0 Å². The number of hydrogen-bond donors (Lipinski definition) is 1. The topological polar surface area (TPSA) is 58.6 Å². The molecule has 0 amide bonds. The van der Waals surface area contributed by atoms with E-state index in [1.54, 1.807) is 7.11 Å². The van der Waals surface area contributed by atoms with Gasteiger partial charge in [0.1, 0.15) is 0 Å². The Hall–Kier alpha value is -0.540. The fraction of sp³-hybridized carbons (Fsp3) is 0.950. The van der Waals surface area contributed by atoms with Gasteiger partial charge in [-0.15, -0.1) is 0 Å². The maximum absolute atomic E-state index is 5.75. The highest BCUT2D eigenvalue weighted by atomic mass is 32.2. The van der Waals surface area contributed by atoms with Crippen LogP contribution in [0.25, 0.3) is 0 Å². The maximum atomic E-state index is 5.75. The number of nitrogens with zero attached hydrogens (tertiary/aromatic N) is 3. The molecule has 3 saturated heterocycles. The van der Waals surface area contributed by atoms with E-state index in [2.05, 4.69) is 33.8 Å². The number of morpholine rings is 1. The van der Waals surface area contributed by atoms with E-state index in [4.69, 9.17) is 19.2 Å². The van der Waals surface area contributed by atoms with Crippen molar-refractivity contribution in [1.82, 2.24) is 15.1 Å². The van der Waals surface area contributed by atoms with Gasteiger partial charge in [-0.1, -0.05) is 0 Å². The summed E-state index contributed by atoms with van der Waals surface area (Å²) >= 11 is 2.07. The van der Waals surface area contributed by atoms with E-state index < -0.39 is 0 Å². The van der Waals surface area contributed by atoms with Gasteiger partial charge < -0.3 is 24.4 Å². The molecule has 0 aromatic heterocycles. The van der Waals surface area contributed by atoms with Gasteiger partial charge in [-0.2, -0.15) is 11.8 Å². The van der Waals surface area contributed by atoms with Crippen LogP contribution >= 0.6 is 11.8 Å². The largest absolute Gasteiger partial charge is 0.382 e. The fourth-order valence-corrected chi connectivity index (χ4v) is 5.78. The van der Waals surface area contributed by atoms with Crippen LogP contribution in [0.1, 0.15) is 19.8 Å². The highest BCUT2D eigenvalue weighted by Gasteiger charge is 2.41. The maximum Gasteiger partial charge on any atom is 0.193 e. The van der Waals surface area contributed by atoms with E-state index >= 15 is 0 Å². The van der Waals surface area contributed by atoms with Crippen LogP contribution < -0.4 is 5.32 Å². The summed E-state index contributed by atoms with van der Waals surface area (Å²) in [5, 5.41) is 3.53. The van der Waals surface area contributed by atoms with E-state index in [0.717, 1.165) is 65.0 Å². The molecule has 0 aliphatic carbocycles. The van der Waals surface area contributed by atoms with Crippen molar-refractivity contribution >= 4 is 17.7 Å². The smallest absolute Gasteiger partial charge is 0.193 e. The molecule has 3 aliphatic rings. The first-order chi connectivity index (χ1) is 13.8. The van der Waals surface area contributed by atoms with Crippen LogP contribution in [0, 0.1) is 5.92 Å². The molecule has 3 fully saturated rings. The normalized spacial score (nSPS) is 29.6. The van der Waals surface area contributed by atoms with Crippen molar-refractivity contribution in [1.29, 1.82) is 0 Å². The Morgan fingerprint density at radius 2 is 2.14 bits per heavy atom. The van der Waals surface area contributed by atoms with Crippen molar-refractivity contribution in [2.24, 2.45) is 10.9 Å². The summed E-state index contributed by atoms with van der Waals surface area (Å²) in [7, 11) is 1.71. The zero-order valence-corrected chi connectivity index (χ0v) is 18.5. The number of thioether (sulfide) groups is 1. The van der Waals surface area contributed by atoms with Crippen LogP contribution in [-0.4, -0.2) is 112 Å². The third-order valence-corrected chi connectivity index (χ3v) is 7.23. The van der Waals surface area contributed by atoms with Crippen molar-refractivity contribution in [2.75, 3.05) is 90.9 Å². The summed E-state index contributed by atoms with van der Waals surface area (Å²) in [6, 6.07) is 0. The summed E-state index contributed by atoms with van der Waals surface area (Å²) in [5.74, 6) is 4.09. The number of guanidine groups is 1. The number of likely N-dealkylation sites (tertiary alicyclic amines) is 1. The van der Waals surface area contributed by atoms with Crippen molar-refractivity contribution in [3.05, 3.63) is 0 Å². The highest BCUT2D eigenvalue weighted by molar-refractivity contribution is 7.99. The van der Waals surface area contributed by atoms with Crippen LogP contribution in [0.5, 0.6) is 0 Å². The van der Waals surface area contributed by atoms with Crippen LogP contribution in [0.15, 0.2) is 4.99 Å². The monoisotopic (exact) mass is 414 g/mol. The lowest BCUT2D eigenvalue weighted by Crippen LogP contribution is -2.56. The lowest BCUT2D eigenvalue weighted by atomic mass is 9.96. The van der Waals surface area contributed by atoms with Crippen LogP contribution in [-0.2, 0) is 14.2 Å². The molecule has 0 aromatic carbocycles. The summed E-state index contributed by atoms with van der Waals surface area (Å²) in [5.41, 5.74) is 0.206. The van der Waals surface area contributed by atoms with Gasteiger partial charge in [0.25, 0.3) is 0 Å². The molecular formula is C20H38N4O3S. The van der Waals surface area contributed by atoms with Gasteiger partial charge in [0.05, 0.1) is 45.1 Å². The molecule has 1 N–H and O–H groups in total. The van der Waals surface area contributed by atoms with Gasteiger partial charge >= 0.3 is 0 Å². The van der Waals surface area contributed by atoms with Gasteiger partial charge in [0.2, 0.25) is 0 Å². The average molecular weight is 415 g/mol. The molecule has 162 valence electrons. The molecule has 3 rings (SSSR count). The summed E-state index contributed by atoms with van der Waals surface area (Å²) in [6.45, 7) is 12.0. The fourth-order valence-electron chi connectivity index (χ4n) is 4.31. The molecule has 28 heavy (non-hydrogen) atoms. The molecule has 3 heterocycles. The molecule has 0 radical (unpaired) electrons. The van der Waals surface area contributed by atoms with Gasteiger partial charge in [-0.05, 0) is 25.5 Å². The third kappa shape index (κ3) is 5.98. The minimum absolute atomic E-state index is 0.206. The van der Waals surface area contributed by atoms with Crippen molar-refractivity contribution in [2.45, 2.75) is 25.3 Å². The van der Waals surface area contributed by atoms with E-state index in [-0.39, 0.29) is 5.54 Å². The first-order valence-corrected chi connectivity index (χ1v) is 11.9. The Bertz CT molecular complexity index is 482. The number of nitrogens with one attached hydrogen (secondary N) is 1. The van der Waals surface area contributed by atoms with Gasteiger partial charge in [-0.25, -0.2) is 0 Å². The first-order valence-electron chi connectivity index (χ1n) is 10.8. The lowest BCUT2D eigenvalue weighted by molar-refractivity contribution is -0.0105. The van der Waals surface area contributed by atoms with Crippen molar-refractivity contribution in [3.8, 4) is 0 Å². The second kappa shape index (κ2) is 11.6. The molecule has 0 aromatic rings. The SMILES string of the molecule is CCNC(=NCC1(N2CCOCC2)CCSC1)N1CCC(COCCOC)C1. The van der Waals surface area contributed by atoms with E-state index in [1.807, 2.05) is 0 Å². The van der Waals surface area contributed by atoms with E-state index in [0.29, 0.717) is 19.1 Å². The van der Waals surface area contributed by atoms with E-state index in [9.17, 15) is 0 Å². The average Bonchev–Trinajstić information content (AvgIpc) is 3.40. The Kier molecular flexibility index (Phi) is 9.17. The highest BCUT2D eigenvalue weighted by Crippen LogP contribution is 2.34. The number of rotatable bonds is 9. The number of hydrogen-bond acceptors (Lipinski definition) is 6. The van der Waals surface area contributed by atoms with Crippen LogP contribution in [0.2, 0.25) is 0 Å². The number of methoxy groups -OCH3 is 1. The minimum Gasteiger partial charge on any atom is -0.382 e. The predicted octanol–water partition coefficient (Wildman–Crippen LogP) is 1.14. The molecule has 8 heteroatoms. The van der Waals surface area contributed by atoms with Crippen molar-refractivity contribution in [3.63, 3.8) is 0 Å². The number of ether oxygens (including phenoxy) is 3. The lowest BCUT2D eigenvalue weighted by Gasteiger charge is -2.42. The summed E-state index contributed by atoms with van der Waals surface area (Å²) in [6.07, 6.45) is 2.40. The van der Waals surface area contributed by atoms with Crippen molar-refractivity contribution < 1.29 is 14.2 Å². The second-order valence-corrected chi connectivity index (χ2v) is 9.07. The Balaban J connectivity index is 1.57. The molecular weight excluding hydrogens is 376 g/mol. The molecule has 7 nitrogen and oxygen atoms in total. The standard InChI is InChI=1S/C20H38N4O3S/c1-3-21-19(23-6-4-18(14-23)15-27-12-11-25-2)22-16-20(5-13-28-17-20)24-7-9-26-10-8-24/h18H,3-17H2,1-2H3,(H,21,22). The second-order valence-electron chi connectivity index (χ2n) is 7.96. The van der Waals surface area contributed by atoms with Gasteiger partial charge in [-0.3, -0.25) is 9.89 Å². The molecule has 3 aliphatic heterocycles. The minimum atomic E-state index is 0.206. The molecule has 0 bridgehead atoms. The Morgan fingerprint density at radius 3 is 2.86 bits per heavy atom. The van der Waals surface area contributed by atoms with E-state index in [1.165, 1.54) is 24.3 Å². The first kappa shape index (κ1) is 22.2. The third-order valence-electron chi connectivity index (χ3n) is 5.99. The zero-order valence-electron chi connectivity index (χ0n) is 17.7. The van der Waals surface area contributed by atoms with Gasteiger partial charge in [0, 0.05) is 51.5 Å².